The van der Waals surface area contributed by atoms with Crippen LogP contribution in [0, 0.1) is 11.3 Å². The van der Waals surface area contributed by atoms with Gasteiger partial charge in [-0.05, 0) is 6.42 Å². The molecule has 8 heteroatoms. The number of amides is 1. The molecule has 0 bridgehead atoms. The van der Waals surface area contributed by atoms with Crippen LogP contribution in [0.1, 0.15) is 13.3 Å². The number of hydrogen-bond donors (Lipinski definition) is 0. The van der Waals surface area contributed by atoms with Crippen LogP contribution in [-0.2, 0) is 4.79 Å². The molecule has 1 aliphatic heterocycles. The Labute approximate surface area is 108 Å². The average molecular weight is 281 g/mol. The van der Waals surface area contributed by atoms with Crippen LogP contribution in [0.25, 0.3) is 0 Å². The molecule has 1 aliphatic rings. The highest BCUT2D eigenvalue weighted by atomic mass is 19.3. The zero-order valence-corrected chi connectivity index (χ0v) is 10.5. The first-order chi connectivity index (χ1) is 8.84. The second-order valence-corrected chi connectivity index (χ2v) is 4.30. The van der Waals surface area contributed by atoms with Crippen molar-refractivity contribution in [2.24, 2.45) is 0 Å². The summed E-state index contributed by atoms with van der Waals surface area (Å²) in [7, 11) is 0. The molecule has 19 heavy (non-hydrogen) atoms. The molecule has 1 rings (SSSR count). The molecule has 108 valence electrons. The first-order valence-corrected chi connectivity index (χ1v) is 5.93. The summed E-state index contributed by atoms with van der Waals surface area (Å²) in [6, 6.07) is 1.73. The topological polar surface area (TPSA) is 47.3 Å². The lowest BCUT2D eigenvalue weighted by Crippen LogP contribution is -2.56. The molecular formula is C11H15F4N3O. The van der Waals surface area contributed by atoms with E-state index >= 15 is 0 Å². The Morgan fingerprint density at radius 2 is 1.84 bits per heavy atom. The standard InChI is InChI=1S/C11H15F4N3O/c1-2-8(7-16)17-3-5-18(6-4-17)10(19)11(14,15)9(12)13/h8-9H,2-6H2,1H3. The number of carbonyl (C=O) groups is 1. The third kappa shape index (κ3) is 3.35. The van der Waals surface area contributed by atoms with Crippen molar-refractivity contribution in [2.75, 3.05) is 26.2 Å². The van der Waals surface area contributed by atoms with E-state index in [2.05, 4.69) is 6.07 Å². The lowest BCUT2D eigenvalue weighted by atomic mass is 10.1. The third-order valence-electron chi connectivity index (χ3n) is 3.14. The SMILES string of the molecule is CCC(C#N)N1CCN(C(=O)C(F)(F)C(F)F)CC1. The number of halogens is 4. The summed E-state index contributed by atoms with van der Waals surface area (Å²) in [4.78, 5) is 13.8. The van der Waals surface area contributed by atoms with E-state index < -0.39 is 18.3 Å². The van der Waals surface area contributed by atoms with Crippen molar-refractivity contribution in [3.05, 3.63) is 0 Å². The van der Waals surface area contributed by atoms with Crippen molar-refractivity contribution < 1.29 is 22.4 Å². The van der Waals surface area contributed by atoms with Gasteiger partial charge in [0.15, 0.2) is 0 Å². The van der Waals surface area contributed by atoms with E-state index in [4.69, 9.17) is 5.26 Å². The highest BCUT2D eigenvalue weighted by molar-refractivity contribution is 5.84. The summed E-state index contributed by atoms with van der Waals surface area (Å²) in [5, 5.41) is 8.86. The minimum absolute atomic E-state index is 0.0701. The zero-order chi connectivity index (χ0) is 14.6. The molecule has 1 heterocycles. The van der Waals surface area contributed by atoms with E-state index in [-0.39, 0.29) is 32.2 Å². The van der Waals surface area contributed by atoms with Crippen molar-refractivity contribution in [3.8, 4) is 6.07 Å². The summed E-state index contributed by atoms with van der Waals surface area (Å²) in [5.41, 5.74) is 0. The van der Waals surface area contributed by atoms with Crippen molar-refractivity contribution in [1.29, 1.82) is 5.26 Å². The van der Waals surface area contributed by atoms with E-state index in [0.29, 0.717) is 6.42 Å². The molecule has 1 fully saturated rings. The van der Waals surface area contributed by atoms with Crippen LogP contribution in [0.15, 0.2) is 0 Å². The van der Waals surface area contributed by atoms with Crippen molar-refractivity contribution in [3.63, 3.8) is 0 Å². The van der Waals surface area contributed by atoms with Crippen LogP contribution < -0.4 is 0 Å². The van der Waals surface area contributed by atoms with Gasteiger partial charge < -0.3 is 4.90 Å². The maximum absolute atomic E-state index is 12.9. The first-order valence-electron chi connectivity index (χ1n) is 5.93. The molecule has 0 radical (unpaired) electrons. The van der Waals surface area contributed by atoms with Gasteiger partial charge in [0.1, 0.15) is 0 Å². The molecule has 0 spiro atoms. The van der Waals surface area contributed by atoms with Crippen LogP contribution in [0.4, 0.5) is 17.6 Å². The monoisotopic (exact) mass is 281 g/mol. The Morgan fingerprint density at radius 3 is 2.21 bits per heavy atom. The van der Waals surface area contributed by atoms with E-state index in [9.17, 15) is 22.4 Å². The van der Waals surface area contributed by atoms with Crippen LogP contribution in [-0.4, -0.2) is 60.3 Å². The number of rotatable bonds is 4. The van der Waals surface area contributed by atoms with Gasteiger partial charge in [-0.1, -0.05) is 6.92 Å². The van der Waals surface area contributed by atoms with Gasteiger partial charge >= 0.3 is 12.3 Å². The molecule has 4 nitrogen and oxygen atoms in total. The predicted octanol–water partition coefficient (Wildman–Crippen LogP) is 1.33. The average Bonchev–Trinajstić information content (AvgIpc) is 2.40. The number of carbonyl (C=O) groups excluding carboxylic acids is 1. The van der Waals surface area contributed by atoms with Gasteiger partial charge in [0.2, 0.25) is 0 Å². The zero-order valence-electron chi connectivity index (χ0n) is 10.5. The maximum atomic E-state index is 12.9. The Bertz CT molecular complexity index is 361. The highest BCUT2D eigenvalue weighted by Gasteiger charge is 2.51. The van der Waals surface area contributed by atoms with E-state index in [1.807, 2.05) is 6.92 Å². The minimum Gasteiger partial charge on any atom is -0.335 e. The second kappa shape index (κ2) is 6.19. The summed E-state index contributed by atoms with van der Waals surface area (Å²) in [5.74, 6) is -6.48. The molecular weight excluding hydrogens is 266 g/mol. The Morgan fingerprint density at radius 1 is 1.32 bits per heavy atom. The summed E-state index contributed by atoms with van der Waals surface area (Å²) >= 11 is 0. The largest absolute Gasteiger partial charge is 0.383 e. The Hall–Kier alpha value is -1.36. The lowest BCUT2D eigenvalue weighted by molar-refractivity contribution is -0.182. The van der Waals surface area contributed by atoms with Gasteiger partial charge in [-0.3, -0.25) is 9.69 Å². The molecule has 0 aromatic carbocycles. The second-order valence-electron chi connectivity index (χ2n) is 4.30. The van der Waals surface area contributed by atoms with Crippen LogP contribution in [0.5, 0.6) is 0 Å². The highest BCUT2D eigenvalue weighted by Crippen LogP contribution is 2.26. The number of nitrogens with zero attached hydrogens (tertiary/aromatic N) is 3. The lowest BCUT2D eigenvalue weighted by Gasteiger charge is -2.37. The van der Waals surface area contributed by atoms with Gasteiger partial charge in [-0.2, -0.15) is 14.0 Å². The fourth-order valence-electron chi connectivity index (χ4n) is 1.97. The Kier molecular flexibility index (Phi) is 5.11. The number of hydrogen-bond acceptors (Lipinski definition) is 3. The quantitative estimate of drug-likeness (QED) is 0.730. The first kappa shape index (κ1) is 15.7. The summed E-state index contributed by atoms with van der Waals surface area (Å²) in [6.45, 7) is 2.14. The number of piperazine rings is 1. The van der Waals surface area contributed by atoms with Crippen LogP contribution in [0.3, 0.4) is 0 Å². The summed E-state index contributed by atoms with van der Waals surface area (Å²) in [6.07, 6.45) is -3.42. The number of alkyl halides is 4. The smallest absolute Gasteiger partial charge is 0.335 e. The molecule has 0 aliphatic carbocycles. The van der Waals surface area contributed by atoms with Crippen molar-refractivity contribution in [2.45, 2.75) is 31.7 Å². The fraction of sp³-hybridized carbons (Fsp3) is 0.818. The molecule has 1 unspecified atom stereocenters. The normalized spacial score (nSPS) is 19.3. The maximum Gasteiger partial charge on any atom is 0.383 e. The molecule has 0 saturated carbocycles. The molecule has 0 N–H and O–H groups in total. The van der Waals surface area contributed by atoms with E-state index in [0.717, 1.165) is 4.90 Å². The fourth-order valence-corrected chi connectivity index (χ4v) is 1.97. The van der Waals surface area contributed by atoms with Gasteiger partial charge in [-0.25, -0.2) is 8.78 Å². The molecule has 1 amide bonds. The van der Waals surface area contributed by atoms with Crippen molar-refractivity contribution >= 4 is 5.91 Å². The van der Waals surface area contributed by atoms with Gasteiger partial charge in [-0.15, -0.1) is 0 Å². The van der Waals surface area contributed by atoms with Gasteiger partial charge in [0, 0.05) is 26.2 Å². The van der Waals surface area contributed by atoms with Crippen molar-refractivity contribution in [1.82, 2.24) is 9.80 Å². The molecule has 1 saturated heterocycles. The predicted molar refractivity (Wildman–Crippen MR) is 58.8 cm³/mol. The molecule has 0 aromatic heterocycles. The van der Waals surface area contributed by atoms with Gasteiger partial charge in [0.25, 0.3) is 5.91 Å². The van der Waals surface area contributed by atoms with E-state index in [1.54, 1.807) is 4.90 Å². The molecule has 0 aromatic rings. The number of nitriles is 1. The summed E-state index contributed by atoms with van der Waals surface area (Å²) < 4.78 is 50.0. The van der Waals surface area contributed by atoms with Crippen LogP contribution in [0.2, 0.25) is 0 Å². The Balaban J connectivity index is 2.60. The van der Waals surface area contributed by atoms with E-state index in [1.165, 1.54) is 0 Å². The third-order valence-corrected chi connectivity index (χ3v) is 3.14. The van der Waals surface area contributed by atoms with Crippen LogP contribution >= 0.6 is 0 Å². The minimum atomic E-state index is -4.64. The molecule has 1 atom stereocenters. The van der Waals surface area contributed by atoms with Gasteiger partial charge in [0.05, 0.1) is 12.1 Å².